The standard InChI is InChI=1S/C17H26N6/c1-5-11-23(12-6-2)17-20-16(13-18-21-17)19-14-7-9-15(10-8-14)22(3)4/h7-10,13H,5-6,11-12H2,1-4H3,(H,19,20,21). The van der Waals surface area contributed by atoms with E-state index < -0.39 is 0 Å². The van der Waals surface area contributed by atoms with Crippen molar-refractivity contribution in [3.63, 3.8) is 0 Å². The predicted molar refractivity (Wildman–Crippen MR) is 96.7 cm³/mol. The Labute approximate surface area is 138 Å². The first-order valence-electron chi connectivity index (χ1n) is 8.13. The Morgan fingerprint density at radius 3 is 2.22 bits per heavy atom. The third-order valence-electron chi connectivity index (χ3n) is 3.47. The predicted octanol–water partition coefficient (Wildman–Crippen LogP) is 3.31. The Morgan fingerprint density at radius 2 is 1.65 bits per heavy atom. The van der Waals surface area contributed by atoms with Crippen LogP contribution in [0.4, 0.5) is 23.1 Å². The van der Waals surface area contributed by atoms with Crippen molar-refractivity contribution in [2.45, 2.75) is 26.7 Å². The van der Waals surface area contributed by atoms with Crippen LogP contribution in [0.1, 0.15) is 26.7 Å². The fourth-order valence-electron chi connectivity index (χ4n) is 2.33. The maximum atomic E-state index is 4.59. The third-order valence-corrected chi connectivity index (χ3v) is 3.47. The van der Waals surface area contributed by atoms with Gasteiger partial charge in [-0.1, -0.05) is 13.8 Å². The Balaban J connectivity index is 2.12. The van der Waals surface area contributed by atoms with Crippen molar-refractivity contribution in [1.82, 2.24) is 15.2 Å². The number of benzene rings is 1. The molecule has 2 aromatic rings. The highest BCUT2D eigenvalue weighted by Gasteiger charge is 2.09. The van der Waals surface area contributed by atoms with Gasteiger partial charge in [0.25, 0.3) is 0 Å². The van der Waals surface area contributed by atoms with Crippen molar-refractivity contribution < 1.29 is 0 Å². The van der Waals surface area contributed by atoms with E-state index in [4.69, 9.17) is 0 Å². The number of nitrogens with one attached hydrogen (secondary N) is 1. The van der Waals surface area contributed by atoms with Crippen LogP contribution in [0.2, 0.25) is 0 Å². The van der Waals surface area contributed by atoms with E-state index in [2.05, 4.69) is 56.3 Å². The average molecular weight is 314 g/mol. The van der Waals surface area contributed by atoms with E-state index in [0.29, 0.717) is 11.8 Å². The molecule has 1 N–H and O–H groups in total. The summed E-state index contributed by atoms with van der Waals surface area (Å²) in [7, 11) is 4.05. The highest BCUT2D eigenvalue weighted by molar-refractivity contribution is 5.60. The van der Waals surface area contributed by atoms with Gasteiger partial charge in [0.2, 0.25) is 5.95 Å². The van der Waals surface area contributed by atoms with Crippen molar-refractivity contribution in [2.24, 2.45) is 0 Å². The van der Waals surface area contributed by atoms with Crippen LogP contribution in [-0.2, 0) is 0 Å². The molecule has 6 nitrogen and oxygen atoms in total. The topological polar surface area (TPSA) is 57.2 Å². The number of rotatable bonds is 8. The summed E-state index contributed by atoms with van der Waals surface area (Å²) in [6.45, 7) is 6.20. The molecule has 0 saturated heterocycles. The monoisotopic (exact) mass is 314 g/mol. The largest absolute Gasteiger partial charge is 0.378 e. The zero-order valence-electron chi connectivity index (χ0n) is 14.5. The Hall–Kier alpha value is -2.37. The molecule has 0 atom stereocenters. The molecular weight excluding hydrogens is 288 g/mol. The lowest BCUT2D eigenvalue weighted by Gasteiger charge is -2.21. The lowest BCUT2D eigenvalue weighted by molar-refractivity contribution is 0.711. The fourth-order valence-corrected chi connectivity index (χ4v) is 2.33. The van der Waals surface area contributed by atoms with Gasteiger partial charge in [-0.05, 0) is 37.1 Å². The lowest BCUT2D eigenvalue weighted by Crippen LogP contribution is -2.27. The molecule has 0 unspecified atom stereocenters. The number of nitrogens with zero attached hydrogens (tertiary/aromatic N) is 5. The van der Waals surface area contributed by atoms with Crippen LogP contribution in [0, 0.1) is 0 Å². The quantitative estimate of drug-likeness (QED) is 0.807. The molecule has 0 bridgehead atoms. The molecule has 1 aromatic carbocycles. The van der Waals surface area contributed by atoms with Gasteiger partial charge in [0.05, 0.1) is 6.20 Å². The van der Waals surface area contributed by atoms with E-state index in [0.717, 1.165) is 37.3 Å². The Morgan fingerprint density at radius 1 is 1.00 bits per heavy atom. The Kier molecular flexibility index (Phi) is 6.14. The third kappa shape index (κ3) is 4.81. The zero-order chi connectivity index (χ0) is 16.7. The van der Waals surface area contributed by atoms with Crippen LogP contribution in [0.15, 0.2) is 30.5 Å². The molecular formula is C17H26N6. The van der Waals surface area contributed by atoms with Crippen molar-refractivity contribution in [3.05, 3.63) is 30.5 Å². The molecule has 6 heteroatoms. The van der Waals surface area contributed by atoms with E-state index in [1.807, 2.05) is 26.2 Å². The van der Waals surface area contributed by atoms with Gasteiger partial charge in [0.15, 0.2) is 5.82 Å². The molecule has 0 aliphatic heterocycles. The van der Waals surface area contributed by atoms with Crippen LogP contribution in [0.5, 0.6) is 0 Å². The molecule has 124 valence electrons. The molecule has 1 heterocycles. The summed E-state index contributed by atoms with van der Waals surface area (Å²) in [6, 6.07) is 8.20. The molecule has 0 fully saturated rings. The van der Waals surface area contributed by atoms with Crippen molar-refractivity contribution in [3.8, 4) is 0 Å². The smallest absolute Gasteiger partial charge is 0.247 e. The van der Waals surface area contributed by atoms with Crippen molar-refractivity contribution >= 4 is 23.1 Å². The first-order valence-corrected chi connectivity index (χ1v) is 8.13. The van der Waals surface area contributed by atoms with Gasteiger partial charge >= 0.3 is 0 Å². The fraction of sp³-hybridized carbons (Fsp3) is 0.471. The van der Waals surface area contributed by atoms with Gasteiger partial charge in [-0.15, -0.1) is 5.10 Å². The van der Waals surface area contributed by atoms with Crippen LogP contribution in [0.25, 0.3) is 0 Å². The van der Waals surface area contributed by atoms with Crippen LogP contribution >= 0.6 is 0 Å². The first-order chi connectivity index (χ1) is 11.1. The summed E-state index contributed by atoms with van der Waals surface area (Å²) in [5.41, 5.74) is 2.15. The molecule has 0 amide bonds. The molecule has 23 heavy (non-hydrogen) atoms. The Bertz CT molecular complexity index is 590. The SMILES string of the molecule is CCCN(CCC)c1nncc(Nc2ccc(N(C)C)cc2)n1. The van der Waals surface area contributed by atoms with E-state index >= 15 is 0 Å². The van der Waals surface area contributed by atoms with E-state index in [1.165, 1.54) is 0 Å². The molecule has 0 spiro atoms. The number of aromatic nitrogens is 3. The van der Waals surface area contributed by atoms with Gasteiger partial charge in [-0.25, -0.2) is 0 Å². The summed E-state index contributed by atoms with van der Waals surface area (Å²) in [4.78, 5) is 8.84. The molecule has 0 radical (unpaired) electrons. The highest BCUT2D eigenvalue weighted by atomic mass is 15.3. The van der Waals surface area contributed by atoms with Crippen molar-refractivity contribution in [2.75, 3.05) is 42.3 Å². The van der Waals surface area contributed by atoms with Gasteiger partial charge in [0, 0.05) is 38.6 Å². The zero-order valence-corrected chi connectivity index (χ0v) is 14.5. The maximum Gasteiger partial charge on any atom is 0.247 e. The molecule has 2 rings (SSSR count). The van der Waals surface area contributed by atoms with Crippen LogP contribution < -0.4 is 15.1 Å². The summed E-state index contributed by atoms with van der Waals surface area (Å²) < 4.78 is 0. The summed E-state index contributed by atoms with van der Waals surface area (Å²) in [5, 5.41) is 11.6. The molecule has 0 aliphatic rings. The number of hydrogen-bond donors (Lipinski definition) is 1. The number of anilines is 4. The second-order valence-electron chi connectivity index (χ2n) is 5.69. The highest BCUT2D eigenvalue weighted by Crippen LogP contribution is 2.19. The summed E-state index contributed by atoms with van der Waals surface area (Å²) >= 11 is 0. The average Bonchev–Trinajstić information content (AvgIpc) is 2.55. The minimum atomic E-state index is 0.684. The van der Waals surface area contributed by atoms with Crippen LogP contribution in [0.3, 0.4) is 0 Å². The second-order valence-corrected chi connectivity index (χ2v) is 5.69. The minimum absolute atomic E-state index is 0.684. The van der Waals surface area contributed by atoms with Gasteiger partial charge in [0.1, 0.15) is 0 Å². The molecule has 1 aromatic heterocycles. The summed E-state index contributed by atoms with van der Waals surface area (Å²) in [6.07, 6.45) is 3.78. The van der Waals surface area contributed by atoms with Gasteiger partial charge in [-0.2, -0.15) is 10.1 Å². The van der Waals surface area contributed by atoms with Gasteiger partial charge < -0.3 is 15.1 Å². The normalized spacial score (nSPS) is 10.4. The lowest BCUT2D eigenvalue weighted by atomic mass is 10.2. The van der Waals surface area contributed by atoms with Gasteiger partial charge in [-0.3, -0.25) is 0 Å². The van der Waals surface area contributed by atoms with Crippen molar-refractivity contribution in [1.29, 1.82) is 0 Å². The van der Waals surface area contributed by atoms with E-state index in [9.17, 15) is 0 Å². The molecule has 0 saturated carbocycles. The maximum absolute atomic E-state index is 4.59. The number of hydrogen-bond acceptors (Lipinski definition) is 6. The first kappa shape index (κ1) is 17.0. The van der Waals surface area contributed by atoms with E-state index in [1.54, 1.807) is 6.20 Å². The van der Waals surface area contributed by atoms with E-state index in [-0.39, 0.29) is 0 Å². The summed E-state index contributed by atoms with van der Waals surface area (Å²) in [5.74, 6) is 1.40. The van der Waals surface area contributed by atoms with Crippen LogP contribution in [-0.4, -0.2) is 42.4 Å². The second kappa shape index (κ2) is 8.31. The molecule has 0 aliphatic carbocycles. The minimum Gasteiger partial charge on any atom is -0.378 e.